The van der Waals surface area contributed by atoms with Gasteiger partial charge in [-0.05, 0) is 60.9 Å². The van der Waals surface area contributed by atoms with Crippen molar-refractivity contribution in [1.82, 2.24) is 9.88 Å². The van der Waals surface area contributed by atoms with Gasteiger partial charge in [0, 0.05) is 36.7 Å². The van der Waals surface area contributed by atoms with Crippen LogP contribution in [0, 0.1) is 11.6 Å². The minimum Gasteiger partial charge on any atom is -0.389 e. The van der Waals surface area contributed by atoms with Gasteiger partial charge in [0.2, 0.25) is 0 Å². The van der Waals surface area contributed by atoms with E-state index in [1.807, 2.05) is 30.3 Å². The van der Waals surface area contributed by atoms with E-state index < -0.39 is 17.2 Å². The second-order valence-corrected chi connectivity index (χ2v) is 9.02. The maximum Gasteiger partial charge on any atom is 0.253 e. The summed E-state index contributed by atoms with van der Waals surface area (Å²) in [7, 11) is 0. The maximum atomic E-state index is 14.0. The zero-order valence-corrected chi connectivity index (χ0v) is 19.5. The first-order valence-electron chi connectivity index (χ1n) is 11.7. The normalized spacial score (nSPS) is 15.0. The maximum absolute atomic E-state index is 14.0. The summed E-state index contributed by atoms with van der Waals surface area (Å²) in [6.45, 7) is 0.639. The molecule has 0 unspecified atom stereocenters. The number of likely N-dealkylation sites (tertiary alicyclic amines) is 1. The molecule has 2 N–H and O–H groups in total. The van der Waals surface area contributed by atoms with Crippen LogP contribution in [0.4, 0.5) is 14.5 Å². The molecule has 3 aromatic carbocycles. The fraction of sp³-hybridized carbons (Fsp3) is 0.214. The lowest BCUT2D eigenvalue weighted by Gasteiger charge is -2.38. The summed E-state index contributed by atoms with van der Waals surface area (Å²) in [5, 5.41) is 11.9. The highest BCUT2D eigenvalue weighted by atomic mass is 19.2. The Balaban J connectivity index is 1.18. The number of nitrogens with one attached hydrogen (secondary N) is 1. The van der Waals surface area contributed by atoms with Crippen LogP contribution in [0.15, 0.2) is 79.0 Å². The third kappa shape index (κ3) is 4.99. The zero-order chi connectivity index (χ0) is 25.1. The second-order valence-electron chi connectivity index (χ2n) is 9.02. The van der Waals surface area contributed by atoms with Crippen LogP contribution in [0.25, 0.3) is 10.9 Å². The first-order valence-corrected chi connectivity index (χ1v) is 11.7. The van der Waals surface area contributed by atoms with E-state index in [0.29, 0.717) is 24.4 Å². The predicted octanol–water partition coefficient (Wildman–Crippen LogP) is 5.13. The van der Waals surface area contributed by atoms with Crippen LogP contribution in [-0.4, -0.2) is 39.6 Å². The number of piperidine rings is 1. The molecule has 1 saturated heterocycles. The smallest absolute Gasteiger partial charge is 0.253 e. The molecule has 0 saturated carbocycles. The van der Waals surface area contributed by atoms with Gasteiger partial charge in [-0.1, -0.05) is 30.3 Å². The zero-order valence-electron chi connectivity index (χ0n) is 19.5. The van der Waals surface area contributed by atoms with Gasteiger partial charge in [-0.15, -0.1) is 0 Å². The molecule has 1 aliphatic rings. The molecule has 4 aromatic rings. The van der Waals surface area contributed by atoms with Crippen molar-refractivity contribution in [1.29, 1.82) is 0 Å². The number of amides is 1. The number of carbonyl (C=O) groups is 1. The van der Waals surface area contributed by atoms with Crippen molar-refractivity contribution in [2.75, 3.05) is 18.6 Å². The van der Waals surface area contributed by atoms with E-state index in [2.05, 4.69) is 10.5 Å². The summed E-state index contributed by atoms with van der Waals surface area (Å²) in [5.41, 5.74) is 3.88. The molecular formula is C28H25F2N3O3. The van der Waals surface area contributed by atoms with E-state index in [1.54, 1.807) is 35.4 Å². The molecule has 2 heterocycles. The fourth-order valence-electron chi connectivity index (χ4n) is 4.49. The number of benzene rings is 3. The summed E-state index contributed by atoms with van der Waals surface area (Å²) in [4.78, 5) is 24.7. The van der Waals surface area contributed by atoms with Crippen LogP contribution >= 0.6 is 0 Å². The molecule has 0 aliphatic carbocycles. The van der Waals surface area contributed by atoms with E-state index >= 15 is 0 Å². The standard InChI is InChI=1S/C28H25F2N3O3/c29-23-7-1-5-21(25(23)30)18-28(35)13-16-33(17-14-28)27(34)20-9-11-22(12-10-20)36-32-24-8-2-4-19-6-3-15-31-26(19)24/h1-12,15,32,35H,13-14,16-18H2. The largest absolute Gasteiger partial charge is 0.389 e. The summed E-state index contributed by atoms with van der Waals surface area (Å²) in [5.74, 6) is -1.49. The van der Waals surface area contributed by atoms with Crippen molar-refractivity contribution < 1.29 is 23.5 Å². The number of hydrogen-bond donors (Lipinski definition) is 2. The molecule has 36 heavy (non-hydrogen) atoms. The number of carbonyl (C=O) groups excluding carboxylic acids is 1. The van der Waals surface area contributed by atoms with Crippen LogP contribution in [0.5, 0.6) is 5.75 Å². The van der Waals surface area contributed by atoms with Gasteiger partial charge in [0.15, 0.2) is 17.4 Å². The summed E-state index contributed by atoms with van der Waals surface area (Å²) in [6.07, 6.45) is 2.27. The number of fused-ring (bicyclic) bond motifs is 1. The number of rotatable bonds is 6. The van der Waals surface area contributed by atoms with Crippen molar-refractivity contribution >= 4 is 22.5 Å². The molecule has 184 valence electrons. The summed E-state index contributed by atoms with van der Waals surface area (Å²) in [6, 6.07) is 20.3. The van der Waals surface area contributed by atoms with Gasteiger partial charge in [-0.25, -0.2) is 14.3 Å². The number of pyridine rings is 1. The quantitative estimate of drug-likeness (QED) is 0.368. The Morgan fingerprint density at radius 3 is 2.50 bits per heavy atom. The Morgan fingerprint density at radius 1 is 1.00 bits per heavy atom. The van der Waals surface area contributed by atoms with Crippen molar-refractivity contribution in [2.24, 2.45) is 0 Å². The molecule has 6 nitrogen and oxygen atoms in total. The van der Waals surface area contributed by atoms with Gasteiger partial charge < -0.3 is 14.8 Å². The van der Waals surface area contributed by atoms with Crippen molar-refractivity contribution in [3.05, 3.63) is 102 Å². The topological polar surface area (TPSA) is 74.7 Å². The molecular weight excluding hydrogens is 464 g/mol. The average molecular weight is 490 g/mol. The van der Waals surface area contributed by atoms with Gasteiger partial charge >= 0.3 is 0 Å². The van der Waals surface area contributed by atoms with Gasteiger partial charge in [-0.2, -0.15) is 0 Å². The van der Waals surface area contributed by atoms with Crippen molar-refractivity contribution in [2.45, 2.75) is 24.9 Å². The van der Waals surface area contributed by atoms with Crippen LogP contribution in [0.1, 0.15) is 28.8 Å². The van der Waals surface area contributed by atoms with E-state index in [4.69, 9.17) is 4.84 Å². The number of halogens is 2. The number of hydrogen-bond acceptors (Lipinski definition) is 5. The Bertz CT molecular complexity index is 1380. The number of aromatic nitrogens is 1. The first kappa shape index (κ1) is 23.7. The molecule has 0 bridgehead atoms. The highest BCUT2D eigenvalue weighted by molar-refractivity contribution is 5.94. The SMILES string of the molecule is O=C(c1ccc(ONc2cccc3cccnc23)cc1)N1CCC(O)(Cc2cccc(F)c2F)CC1. The van der Waals surface area contributed by atoms with Gasteiger partial charge in [0.05, 0.1) is 16.8 Å². The first-order chi connectivity index (χ1) is 17.4. The monoisotopic (exact) mass is 489 g/mol. The fourth-order valence-corrected chi connectivity index (χ4v) is 4.49. The molecule has 1 aromatic heterocycles. The van der Waals surface area contributed by atoms with Gasteiger partial charge in [0.25, 0.3) is 5.91 Å². The molecule has 1 aliphatic heterocycles. The van der Waals surface area contributed by atoms with Crippen molar-refractivity contribution in [3.63, 3.8) is 0 Å². The predicted molar refractivity (Wildman–Crippen MR) is 133 cm³/mol. The number of aliphatic hydroxyl groups is 1. The Kier molecular flexibility index (Phi) is 6.52. The van der Waals surface area contributed by atoms with Gasteiger partial charge in [0.1, 0.15) is 0 Å². The Hall–Kier alpha value is -4.04. The lowest BCUT2D eigenvalue weighted by molar-refractivity contribution is -0.0168. The highest BCUT2D eigenvalue weighted by Gasteiger charge is 2.35. The highest BCUT2D eigenvalue weighted by Crippen LogP contribution is 2.29. The minimum atomic E-state index is -1.19. The molecule has 8 heteroatoms. The average Bonchev–Trinajstić information content (AvgIpc) is 2.90. The van der Waals surface area contributed by atoms with Crippen LogP contribution in [0.3, 0.4) is 0 Å². The van der Waals surface area contributed by atoms with E-state index in [0.717, 1.165) is 22.7 Å². The molecule has 0 atom stereocenters. The lowest BCUT2D eigenvalue weighted by Crippen LogP contribution is -2.47. The molecule has 0 radical (unpaired) electrons. The third-order valence-electron chi connectivity index (χ3n) is 6.55. The third-order valence-corrected chi connectivity index (χ3v) is 6.55. The number of anilines is 1. The molecule has 1 fully saturated rings. The second kappa shape index (κ2) is 9.91. The Morgan fingerprint density at radius 2 is 1.72 bits per heavy atom. The van der Waals surface area contributed by atoms with Crippen LogP contribution in [0.2, 0.25) is 0 Å². The van der Waals surface area contributed by atoms with E-state index in [9.17, 15) is 18.7 Å². The number of para-hydroxylation sites is 1. The molecule has 5 rings (SSSR count). The lowest BCUT2D eigenvalue weighted by atomic mass is 9.85. The molecule has 0 spiro atoms. The van der Waals surface area contributed by atoms with Crippen molar-refractivity contribution in [3.8, 4) is 5.75 Å². The summed E-state index contributed by atoms with van der Waals surface area (Å²) >= 11 is 0. The van der Waals surface area contributed by atoms with E-state index in [-0.39, 0.29) is 30.7 Å². The van der Waals surface area contributed by atoms with Crippen LogP contribution < -0.4 is 10.3 Å². The number of nitrogens with zero attached hydrogens (tertiary/aromatic N) is 2. The summed E-state index contributed by atoms with van der Waals surface area (Å²) < 4.78 is 27.6. The van der Waals surface area contributed by atoms with Crippen LogP contribution in [-0.2, 0) is 6.42 Å². The Labute approximate surface area is 207 Å². The van der Waals surface area contributed by atoms with Gasteiger partial charge in [-0.3, -0.25) is 9.78 Å². The molecule has 1 amide bonds. The van der Waals surface area contributed by atoms with E-state index in [1.165, 1.54) is 12.1 Å². The minimum absolute atomic E-state index is 0.00385.